The molecule has 0 N–H and O–H groups in total. The summed E-state index contributed by atoms with van der Waals surface area (Å²) in [6.07, 6.45) is 6.87. The molecule has 0 aromatic rings. The van der Waals surface area contributed by atoms with E-state index in [0.29, 0.717) is 0 Å². The van der Waals surface area contributed by atoms with Crippen LogP contribution < -0.4 is 0 Å². The van der Waals surface area contributed by atoms with Gasteiger partial charge in [-0.05, 0) is 0 Å². The van der Waals surface area contributed by atoms with Crippen LogP contribution in [0.5, 0.6) is 0 Å². The monoisotopic (exact) mass is 358 g/mol. The van der Waals surface area contributed by atoms with Gasteiger partial charge in [0, 0.05) is 0 Å². The van der Waals surface area contributed by atoms with Gasteiger partial charge in [0.1, 0.15) is 0 Å². The van der Waals surface area contributed by atoms with Gasteiger partial charge in [-0.1, -0.05) is 66.2 Å². The zero-order chi connectivity index (χ0) is 15.9. The van der Waals surface area contributed by atoms with E-state index in [-0.39, 0.29) is 56.3 Å². The Morgan fingerprint density at radius 2 is 0.810 bits per heavy atom. The fourth-order valence-corrected chi connectivity index (χ4v) is 2.81. The van der Waals surface area contributed by atoms with Gasteiger partial charge in [0.05, 0.1) is 0 Å². The average Bonchev–Trinajstić information content (AvgIpc) is 2.60. The Labute approximate surface area is 169 Å². The smallest absolute Gasteiger partial charge is 0.263 e. The zero-order valence-corrected chi connectivity index (χ0v) is 19.2. The zero-order valence-electron chi connectivity index (χ0n) is 15.7. The molecule has 0 nitrogen and oxygen atoms in total. The summed E-state index contributed by atoms with van der Waals surface area (Å²) in [5, 5.41) is 0. The van der Waals surface area contributed by atoms with Crippen molar-refractivity contribution in [1.29, 1.82) is 0 Å². The van der Waals surface area contributed by atoms with Crippen LogP contribution in [0.2, 0.25) is 0 Å². The average molecular weight is 358 g/mol. The molecule has 0 aliphatic heterocycles. The predicted octanol–water partition coefficient (Wildman–Crippen LogP) is 5.84. The number of hydrogen-bond donors (Lipinski definition) is 0. The van der Waals surface area contributed by atoms with Crippen molar-refractivity contribution < 1.29 is 0 Å². The first-order valence-electron chi connectivity index (χ1n) is 7.50. The molecule has 0 atom stereocenters. The van der Waals surface area contributed by atoms with Crippen LogP contribution in [-0.2, 0) is 0 Å². The Morgan fingerprint density at radius 3 is 0.857 bits per heavy atom. The molecule has 0 saturated carbocycles. The van der Waals surface area contributed by atoms with E-state index in [4.69, 9.17) is 0 Å². The maximum atomic E-state index is 3.44. The molecule has 0 fully saturated rings. The molecule has 21 heavy (non-hydrogen) atoms. The number of hydrogen-bond acceptors (Lipinski definition) is 0. The summed E-state index contributed by atoms with van der Waals surface area (Å²) in [5.74, 6) is 0. The second-order valence-electron chi connectivity index (χ2n) is 7.25. The molecule has 0 unspecified atom stereocenters. The summed E-state index contributed by atoms with van der Waals surface area (Å²) in [5.41, 5.74) is 8.79. The standard InChI is InChI=1S/2C10H15.Sr/c2*1-7-6-10(4,5)9(3)8(7)2;/h2*1-5H3;/q2*-1;+2. The quantitative estimate of drug-likeness (QED) is 0.377. The van der Waals surface area contributed by atoms with Crippen LogP contribution >= 0.6 is 0 Å². The minimum Gasteiger partial charge on any atom is -0.263 e. The summed E-state index contributed by atoms with van der Waals surface area (Å²) < 4.78 is 0. The van der Waals surface area contributed by atoms with Crippen LogP contribution in [0.3, 0.4) is 0 Å². The fourth-order valence-electron chi connectivity index (χ4n) is 2.81. The second kappa shape index (κ2) is 7.34. The van der Waals surface area contributed by atoms with Crippen LogP contribution in [0.25, 0.3) is 0 Å². The van der Waals surface area contributed by atoms with Gasteiger partial charge in [0.2, 0.25) is 0 Å². The van der Waals surface area contributed by atoms with Crippen molar-refractivity contribution >= 4 is 45.5 Å². The van der Waals surface area contributed by atoms with E-state index in [1.54, 1.807) is 0 Å². The molecule has 2 aliphatic rings. The third kappa shape index (κ3) is 4.70. The van der Waals surface area contributed by atoms with Crippen molar-refractivity contribution in [3.63, 3.8) is 0 Å². The van der Waals surface area contributed by atoms with E-state index in [0.717, 1.165) is 0 Å². The minimum atomic E-state index is 0. The molecule has 0 aromatic heterocycles. The first-order valence-corrected chi connectivity index (χ1v) is 7.50. The van der Waals surface area contributed by atoms with Crippen LogP contribution in [0, 0.1) is 23.0 Å². The molecule has 0 heterocycles. The number of rotatable bonds is 0. The topological polar surface area (TPSA) is 0 Å². The SMILES string of the molecule is CC1=[C-]C(C)(C)C(C)=C1C.CC1=[C-]C(C)(C)C(C)=C1C.[Sr+2]. The van der Waals surface area contributed by atoms with Crippen LogP contribution in [-0.4, -0.2) is 45.5 Å². The van der Waals surface area contributed by atoms with Crippen molar-refractivity contribution in [3.8, 4) is 0 Å². The van der Waals surface area contributed by atoms with Gasteiger partial charge in [-0.15, -0.1) is 13.8 Å². The maximum absolute atomic E-state index is 3.44. The molecular weight excluding hydrogens is 328 g/mol. The molecule has 0 aromatic carbocycles. The van der Waals surface area contributed by atoms with Gasteiger partial charge in [-0.25, -0.2) is 11.1 Å². The molecule has 112 valence electrons. The molecule has 0 radical (unpaired) electrons. The van der Waals surface area contributed by atoms with Gasteiger partial charge in [0.15, 0.2) is 0 Å². The van der Waals surface area contributed by atoms with Gasteiger partial charge in [-0.2, -0.15) is 22.3 Å². The van der Waals surface area contributed by atoms with Crippen LogP contribution in [0.4, 0.5) is 0 Å². The molecule has 0 saturated heterocycles. The van der Waals surface area contributed by atoms with Gasteiger partial charge in [0.25, 0.3) is 0 Å². The van der Waals surface area contributed by atoms with E-state index in [1.165, 1.54) is 33.4 Å². The molecule has 1 heteroatoms. The molecule has 0 amide bonds. The molecule has 0 spiro atoms. The van der Waals surface area contributed by atoms with Crippen molar-refractivity contribution in [2.24, 2.45) is 10.8 Å². The van der Waals surface area contributed by atoms with E-state index in [1.807, 2.05) is 0 Å². The van der Waals surface area contributed by atoms with E-state index in [9.17, 15) is 0 Å². The normalized spacial score (nSPS) is 22.4. The Bertz CT molecular complexity index is 484. The van der Waals surface area contributed by atoms with Gasteiger partial charge >= 0.3 is 45.5 Å². The fraction of sp³-hybridized carbons (Fsp3) is 0.600. The van der Waals surface area contributed by atoms with E-state index >= 15 is 0 Å². The Hall–Kier alpha value is 0.441. The molecule has 2 rings (SSSR count). The molecular formula is C20H30Sr. The Kier molecular flexibility index (Phi) is 7.49. The Morgan fingerprint density at radius 1 is 0.571 bits per heavy atom. The maximum Gasteiger partial charge on any atom is 2.00 e. The van der Waals surface area contributed by atoms with Crippen LogP contribution in [0.15, 0.2) is 33.4 Å². The third-order valence-electron chi connectivity index (χ3n) is 5.12. The summed E-state index contributed by atoms with van der Waals surface area (Å²) in [6, 6.07) is 0. The first-order chi connectivity index (χ1) is 8.90. The first kappa shape index (κ1) is 21.4. The van der Waals surface area contributed by atoms with Gasteiger partial charge in [-0.3, -0.25) is 12.2 Å². The van der Waals surface area contributed by atoms with Crippen molar-refractivity contribution in [3.05, 3.63) is 45.6 Å². The summed E-state index contributed by atoms with van der Waals surface area (Å²) in [4.78, 5) is 0. The molecule has 0 bridgehead atoms. The van der Waals surface area contributed by atoms with E-state index < -0.39 is 0 Å². The predicted molar refractivity (Wildman–Crippen MR) is 94.9 cm³/mol. The van der Waals surface area contributed by atoms with Crippen LogP contribution in [0.1, 0.15) is 69.2 Å². The largest absolute Gasteiger partial charge is 2.00 e. The van der Waals surface area contributed by atoms with Gasteiger partial charge < -0.3 is 0 Å². The van der Waals surface area contributed by atoms with Crippen molar-refractivity contribution in [2.75, 3.05) is 0 Å². The van der Waals surface area contributed by atoms with Crippen molar-refractivity contribution in [2.45, 2.75) is 69.2 Å². The summed E-state index contributed by atoms with van der Waals surface area (Å²) >= 11 is 0. The minimum absolute atomic E-state index is 0. The number of allylic oxidation sites excluding steroid dienone is 8. The molecule has 2 aliphatic carbocycles. The van der Waals surface area contributed by atoms with E-state index in [2.05, 4.69) is 81.4 Å². The second-order valence-corrected chi connectivity index (χ2v) is 7.25. The third-order valence-corrected chi connectivity index (χ3v) is 5.12. The summed E-state index contributed by atoms with van der Waals surface area (Å²) in [6.45, 7) is 21.8. The summed E-state index contributed by atoms with van der Waals surface area (Å²) in [7, 11) is 0. The Balaban J connectivity index is 0.000000364. The van der Waals surface area contributed by atoms with Crippen molar-refractivity contribution in [1.82, 2.24) is 0 Å².